The standard InChI is InChI=1S/C13H21NO6/c1-17-8-18-12-5-9-4-11(12)13(19-2-3-20-13)6-10(9)7-14(15)16/h9-12H,2-8H2,1H3/t9-,10-,11+,12+/m0/s1. The molecule has 114 valence electrons. The topological polar surface area (TPSA) is 80.1 Å². The number of nitro groups is 1. The van der Waals surface area contributed by atoms with E-state index in [4.69, 9.17) is 18.9 Å². The van der Waals surface area contributed by atoms with Crippen LogP contribution in [0.2, 0.25) is 0 Å². The Bertz CT molecular complexity index is 370. The van der Waals surface area contributed by atoms with Crippen molar-refractivity contribution in [2.75, 3.05) is 33.7 Å². The molecule has 0 aromatic carbocycles. The number of methoxy groups -OCH3 is 1. The highest BCUT2D eigenvalue weighted by molar-refractivity contribution is 5.03. The first-order chi connectivity index (χ1) is 9.64. The second kappa shape index (κ2) is 5.55. The Labute approximate surface area is 117 Å². The Balaban J connectivity index is 1.77. The fourth-order valence-corrected chi connectivity index (χ4v) is 4.12. The van der Waals surface area contributed by atoms with E-state index in [1.165, 1.54) is 0 Å². The molecule has 0 N–H and O–H groups in total. The summed E-state index contributed by atoms with van der Waals surface area (Å²) in [5.74, 6) is -0.180. The summed E-state index contributed by atoms with van der Waals surface area (Å²) in [6.07, 6.45) is 2.33. The Morgan fingerprint density at radius 3 is 2.75 bits per heavy atom. The first-order valence-corrected chi connectivity index (χ1v) is 7.15. The van der Waals surface area contributed by atoms with Gasteiger partial charge in [-0.15, -0.1) is 0 Å². The van der Waals surface area contributed by atoms with Crippen molar-refractivity contribution in [3.8, 4) is 0 Å². The molecule has 1 heterocycles. The van der Waals surface area contributed by atoms with Gasteiger partial charge < -0.3 is 18.9 Å². The fourth-order valence-electron chi connectivity index (χ4n) is 4.12. The molecule has 2 aliphatic carbocycles. The van der Waals surface area contributed by atoms with Crippen molar-refractivity contribution in [2.24, 2.45) is 17.8 Å². The van der Waals surface area contributed by atoms with Crippen molar-refractivity contribution >= 4 is 0 Å². The van der Waals surface area contributed by atoms with E-state index < -0.39 is 5.79 Å². The quantitative estimate of drug-likeness (QED) is 0.427. The molecule has 4 atom stereocenters. The Kier molecular flexibility index (Phi) is 3.94. The number of hydrogen-bond donors (Lipinski definition) is 0. The van der Waals surface area contributed by atoms with Crippen molar-refractivity contribution in [1.29, 1.82) is 0 Å². The van der Waals surface area contributed by atoms with Crippen LogP contribution in [0, 0.1) is 27.9 Å². The zero-order valence-electron chi connectivity index (χ0n) is 11.7. The van der Waals surface area contributed by atoms with Gasteiger partial charge in [-0.1, -0.05) is 0 Å². The van der Waals surface area contributed by atoms with Crippen LogP contribution in [0.3, 0.4) is 0 Å². The molecule has 1 spiro atoms. The monoisotopic (exact) mass is 287 g/mol. The molecule has 3 fully saturated rings. The number of rotatable bonds is 5. The molecule has 20 heavy (non-hydrogen) atoms. The Hall–Kier alpha value is -0.760. The molecule has 0 radical (unpaired) electrons. The van der Waals surface area contributed by atoms with E-state index in [2.05, 4.69) is 0 Å². The smallest absolute Gasteiger partial charge is 0.207 e. The van der Waals surface area contributed by atoms with Gasteiger partial charge in [0.2, 0.25) is 6.54 Å². The Morgan fingerprint density at radius 1 is 1.35 bits per heavy atom. The molecule has 0 amide bonds. The summed E-state index contributed by atoms with van der Waals surface area (Å²) < 4.78 is 22.5. The summed E-state index contributed by atoms with van der Waals surface area (Å²) in [5, 5.41) is 10.9. The molecule has 1 aliphatic heterocycles. The molecule has 0 aromatic rings. The summed E-state index contributed by atoms with van der Waals surface area (Å²) in [4.78, 5) is 10.6. The zero-order chi connectivity index (χ0) is 14.2. The molecule has 1 saturated heterocycles. The van der Waals surface area contributed by atoms with Crippen LogP contribution in [0.5, 0.6) is 0 Å². The van der Waals surface area contributed by atoms with Crippen molar-refractivity contribution in [3.63, 3.8) is 0 Å². The second-order valence-corrected chi connectivity index (χ2v) is 5.94. The molecule has 0 aromatic heterocycles. The van der Waals surface area contributed by atoms with E-state index in [0.717, 1.165) is 12.8 Å². The minimum absolute atomic E-state index is 0.00908. The number of nitrogens with zero attached hydrogens (tertiary/aromatic N) is 1. The van der Waals surface area contributed by atoms with Gasteiger partial charge in [0.25, 0.3) is 0 Å². The fraction of sp³-hybridized carbons (Fsp3) is 1.00. The summed E-state index contributed by atoms with van der Waals surface area (Å²) in [6.45, 7) is 1.35. The molecular formula is C13H21NO6. The van der Waals surface area contributed by atoms with Gasteiger partial charge in [0.05, 0.1) is 19.3 Å². The van der Waals surface area contributed by atoms with E-state index in [0.29, 0.717) is 25.6 Å². The highest BCUT2D eigenvalue weighted by Crippen LogP contribution is 2.54. The normalized spacial score (nSPS) is 38.5. The summed E-state index contributed by atoms with van der Waals surface area (Å²) in [5.41, 5.74) is 0. The zero-order valence-corrected chi connectivity index (χ0v) is 11.7. The third-order valence-electron chi connectivity index (χ3n) is 4.88. The van der Waals surface area contributed by atoms with Crippen LogP contribution in [-0.4, -0.2) is 50.5 Å². The third-order valence-corrected chi connectivity index (χ3v) is 4.88. The van der Waals surface area contributed by atoms with Crippen LogP contribution in [0.25, 0.3) is 0 Å². The lowest BCUT2D eigenvalue weighted by Crippen LogP contribution is -2.48. The van der Waals surface area contributed by atoms with Crippen LogP contribution >= 0.6 is 0 Å². The van der Waals surface area contributed by atoms with Crippen molar-refractivity contribution in [2.45, 2.75) is 31.2 Å². The van der Waals surface area contributed by atoms with E-state index in [9.17, 15) is 10.1 Å². The molecule has 7 heteroatoms. The molecular weight excluding hydrogens is 266 g/mol. The first kappa shape index (κ1) is 14.2. The summed E-state index contributed by atoms with van der Waals surface area (Å²) >= 11 is 0. The third kappa shape index (κ3) is 2.43. The predicted molar refractivity (Wildman–Crippen MR) is 67.6 cm³/mol. The number of hydrogen-bond acceptors (Lipinski definition) is 6. The molecule has 0 unspecified atom stereocenters. The molecule has 7 nitrogen and oxygen atoms in total. The van der Waals surface area contributed by atoms with E-state index >= 15 is 0 Å². The van der Waals surface area contributed by atoms with Crippen molar-refractivity contribution in [3.05, 3.63) is 10.1 Å². The van der Waals surface area contributed by atoms with E-state index in [1.54, 1.807) is 7.11 Å². The summed E-state index contributed by atoms with van der Waals surface area (Å²) in [7, 11) is 1.59. The molecule has 2 bridgehead atoms. The maximum atomic E-state index is 10.9. The minimum Gasteiger partial charge on any atom is -0.359 e. The number of ether oxygens (including phenoxy) is 4. The number of fused-ring (bicyclic) bond motifs is 3. The van der Waals surface area contributed by atoms with E-state index in [-0.39, 0.29) is 36.2 Å². The molecule has 3 rings (SSSR count). The summed E-state index contributed by atoms with van der Waals surface area (Å²) in [6, 6.07) is 0. The van der Waals surface area contributed by atoms with Gasteiger partial charge in [-0.2, -0.15) is 0 Å². The maximum absolute atomic E-state index is 10.9. The van der Waals surface area contributed by atoms with Gasteiger partial charge in [-0.25, -0.2) is 0 Å². The van der Waals surface area contributed by atoms with Gasteiger partial charge in [0, 0.05) is 30.3 Å². The van der Waals surface area contributed by atoms with Crippen LogP contribution < -0.4 is 0 Å². The lowest BCUT2D eigenvalue weighted by molar-refractivity contribution is -0.492. The first-order valence-electron chi connectivity index (χ1n) is 7.15. The van der Waals surface area contributed by atoms with Crippen LogP contribution in [0.1, 0.15) is 19.3 Å². The van der Waals surface area contributed by atoms with Crippen molar-refractivity contribution < 1.29 is 23.9 Å². The lowest BCUT2D eigenvalue weighted by atomic mass is 9.76. The van der Waals surface area contributed by atoms with Crippen LogP contribution in [0.4, 0.5) is 0 Å². The van der Waals surface area contributed by atoms with E-state index in [1.807, 2.05) is 0 Å². The van der Waals surface area contributed by atoms with Crippen LogP contribution in [-0.2, 0) is 18.9 Å². The maximum Gasteiger partial charge on any atom is 0.207 e. The van der Waals surface area contributed by atoms with Gasteiger partial charge in [-0.05, 0) is 18.8 Å². The van der Waals surface area contributed by atoms with Gasteiger partial charge in [0.15, 0.2) is 5.79 Å². The minimum atomic E-state index is -0.675. The highest BCUT2D eigenvalue weighted by atomic mass is 16.7. The van der Waals surface area contributed by atoms with Gasteiger partial charge >= 0.3 is 0 Å². The van der Waals surface area contributed by atoms with Gasteiger partial charge in [0.1, 0.15) is 6.79 Å². The molecule has 2 saturated carbocycles. The SMILES string of the molecule is COCO[C@@H]1C[C@@H]2C[C@H]1C1(C[C@H]2C[N+](=O)[O-])OCCO1. The highest BCUT2D eigenvalue weighted by Gasteiger charge is 2.59. The van der Waals surface area contributed by atoms with Gasteiger partial charge in [-0.3, -0.25) is 10.1 Å². The van der Waals surface area contributed by atoms with Crippen LogP contribution in [0.15, 0.2) is 0 Å². The lowest BCUT2D eigenvalue weighted by Gasteiger charge is -2.41. The average Bonchev–Trinajstić information content (AvgIpc) is 2.99. The molecule has 3 aliphatic rings. The second-order valence-electron chi connectivity index (χ2n) is 5.94. The largest absolute Gasteiger partial charge is 0.359 e. The Morgan fingerprint density at radius 2 is 2.10 bits per heavy atom. The predicted octanol–water partition coefficient (Wildman–Crippen LogP) is 1.04. The van der Waals surface area contributed by atoms with Crippen molar-refractivity contribution in [1.82, 2.24) is 0 Å². The average molecular weight is 287 g/mol.